The van der Waals surface area contributed by atoms with Gasteiger partial charge in [0.15, 0.2) is 0 Å². The fourth-order valence-corrected chi connectivity index (χ4v) is 3.51. The summed E-state index contributed by atoms with van der Waals surface area (Å²) in [6.07, 6.45) is 9.16. The molecule has 1 aliphatic carbocycles. The number of likely N-dealkylation sites (tertiary alicyclic amines) is 1. The Bertz CT molecular complexity index is 375. The minimum Gasteiger partial charge on any atom is -0.343 e. The Morgan fingerprint density at radius 3 is 2.17 bits per heavy atom. The third-order valence-corrected chi connectivity index (χ3v) is 4.94. The molecule has 2 rings (SSSR count). The molecule has 0 unspecified atom stereocenters. The summed E-state index contributed by atoms with van der Waals surface area (Å²) in [7, 11) is 1.90. The van der Waals surface area contributed by atoms with Crippen LogP contribution in [-0.2, 0) is 4.79 Å². The molecule has 0 aromatic carbocycles. The number of nitrogens with one attached hydrogen (secondary N) is 3. The van der Waals surface area contributed by atoms with E-state index in [1.807, 2.05) is 11.9 Å². The molecule has 23 heavy (non-hydrogen) atoms. The van der Waals surface area contributed by atoms with Crippen LogP contribution in [0.25, 0.3) is 0 Å². The van der Waals surface area contributed by atoms with E-state index >= 15 is 0 Å². The summed E-state index contributed by atoms with van der Waals surface area (Å²) < 4.78 is 0. The van der Waals surface area contributed by atoms with Gasteiger partial charge in [-0.25, -0.2) is 4.79 Å². The van der Waals surface area contributed by atoms with E-state index in [1.54, 1.807) is 0 Å². The topological polar surface area (TPSA) is 73.5 Å². The zero-order valence-corrected chi connectivity index (χ0v) is 14.4. The second-order valence-electron chi connectivity index (χ2n) is 6.81. The Morgan fingerprint density at radius 2 is 1.57 bits per heavy atom. The number of carbonyl (C=O) groups excluding carboxylic acids is 2. The summed E-state index contributed by atoms with van der Waals surface area (Å²) in [6, 6.07) is 0.508. The monoisotopic (exact) mass is 324 g/mol. The van der Waals surface area contributed by atoms with Crippen molar-refractivity contribution in [2.45, 2.75) is 69.9 Å². The Labute approximate surface area is 139 Å². The van der Waals surface area contributed by atoms with Crippen molar-refractivity contribution in [3.05, 3.63) is 0 Å². The molecular formula is C17H32N4O2. The van der Waals surface area contributed by atoms with Gasteiger partial charge in [0, 0.05) is 31.6 Å². The number of carbonyl (C=O) groups is 2. The van der Waals surface area contributed by atoms with E-state index in [9.17, 15) is 9.59 Å². The first-order chi connectivity index (χ1) is 11.2. The highest BCUT2D eigenvalue weighted by atomic mass is 16.2. The normalized spacial score (nSPS) is 20.3. The van der Waals surface area contributed by atoms with Crippen molar-refractivity contribution in [2.75, 3.05) is 26.7 Å². The molecule has 1 saturated heterocycles. The lowest BCUT2D eigenvalue weighted by Crippen LogP contribution is -2.51. The zero-order chi connectivity index (χ0) is 16.5. The third-order valence-electron chi connectivity index (χ3n) is 4.94. The lowest BCUT2D eigenvalue weighted by molar-refractivity contribution is -0.132. The van der Waals surface area contributed by atoms with Crippen LogP contribution < -0.4 is 16.0 Å². The second-order valence-corrected chi connectivity index (χ2v) is 6.81. The van der Waals surface area contributed by atoms with Gasteiger partial charge in [-0.1, -0.05) is 19.3 Å². The average molecular weight is 324 g/mol. The van der Waals surface area contributed by atoms with Crippen LogP contribution >= 0.6 is 0 Å². The van der Waals surface area contributed by atoms with E-state index in [2.05, 4.69) is 16.0 Å². The van der Waals surface area contributed by atoms with Gasteiger partial charge in [-0.3, -0.25) is 4.79 Å². The number of hydrogen-bond acceptors (Lipinski definition) is 3. The molecule has 3 amide bonds. The smallest absolute Gasteiger partial charge is 0.315 e. The highest BCUT2D eigenvalue weighted by Crippen LogP contribution is 2.17. The van der Waals surface area contributed by atoms with Gasteiger partial charge in [-0.2, -0.15) is 0 Å². The molecule has 1 heterocycles. The number of piperidine rings is 1. The SMILES string of the molecule is CNCCCC(=O)N1CCC(NC(=O)NC2CCCCC2)CC1. The van der Waals surface area contributed by atoms with Crippen LogP contribution in [0.2, 0.25) is 0 Å². The molecule has 0 spiro atoms. The van der Waals surface area contributed by atoms with E-state index in [-0.39, 0.29) is 18.0 Å². The van der Waals surface area contributed by atoms with Gasteiger partial charge in [0.25, 0.3) is 0 Å². The van der Waals surface area contributed by atoms with Crippen molar-refractivity contribution in [1.29, 1.82) is 0 Å². The number of rotatable bonds is 6. The lowest BCUT2D eigenvalue weighted by Gasteiger charge is -2.33. The molecule has 0 radical (unpaired) electrons. The van der Waals surface area contributed by atoms with E-state index in [0.717, 1.165) is 51.7 Å². The number of hydrogen-bond donors (Lipinski definition) is 3. The van der Waals surface area contributed by atoms with E-state index in [4.69, 9.17) is 0 Å². The van der Waals surface area contributed by atoms with Crippen LogP contribution in [-0.4, -0.2) is 55.6 Å². The summed E-state index contributed by atoms with van der Waals surface area (Å²) in [5, 5.41) is 9.24. The molecule has 1 aliphatic heterocycles. The highest BCUT2D eigenvalue weighted by Gasteiger charge is 2.24. The van der Waals surface area contributed by atoms with Gasteiger partial charge in [0.1, 0.15) is 0 Å². The van der Waals surface area contributed by atoms with Crippen LogP contribution in [0, 0.1) is 0 Å². The van der Waals surface area contributed by atoms with E-state index in [0.29, 0.717) is 12.5 Å². The molecule has 0 aromatic heterocycles. The summed E-state index contributed by atoms with van der Waals surface area (Å²) in [6.45, 7) is 2.39. The zero-order valence-electron chi connectivity index (χ0n) is 14.4. The molecule has 2 aliphatic rings. The molecule has 6 heteroatoms. The maximum absolute atomic E-state index is 12.1. The van der Waals surface area contributed by atoms with Gasteiger partial charge >= 0.3 is 6.03 Å². The quantitative estimate of drug-likeness (QED) is 0.650. The van der Waals surface area contributed by atoms with Crippen molar-refractivity contribution in [2.24, 2.45) is 0 Å². The first-order valence-corrected chi connectivity index (χ1v) is 9.18. The third kappa shape index (κ3) is 6.37. The Morgan fingerprint density at radius 1 is 0.957 bits per heavy atom. The van der Waals surface area contributed by atoms with Gasteiger partial charge in [-0.15, -0.1) is 0 Å². The lowest BCUT2D eigenvalue weighted by atomic mass is 9.96. The maximum Gasteiger partial charge on any atom is 0.315 e. The van der Waals surface area contributed by atoms with Crippen molar-refractivity contribution < 1.29 is 9.59 Å². The number of nitrogens with zero attached hydrogens (tertiary/aromatic N) is 1. The fraction of sp³-hybridized carbons (Fsp3) is 0.882. The minimum absolute atomic E-state index is 0.0318. The highest BCUT2D eigenvalue weighted by molar-refractivity contribution is 5.76. The summed E-state index contributed by atoms with van der Waals surface area (Å²) in [4.78, 5) is 26.1. The standard InChI is InChI=1S/C17H32N4O2/c1-18-11-5-8-16(22)21-12-9-15(10-13-21)20-17(23)19-14-6-3-2-4-7-14/h14-15,18H,2-13H2,1H3,(H2,19,20,23). The summed E-state index contributed by atoms with van der Waals surface area (Å²) in [5.41, 5.74) is 0. The van der Waals surface area contributed by atoms with Crippen molar-refractivity contribution in [1.82, 2.24) is 20.9 Å². The number of urea groups is 1. The van der Waals surface area contributed by atoms with E-state index < -0.39 is 0 Å². The molecule has 0 bridgehead atoms. The molecule has 3 N–H and O–H groups in total. The molecule has 6 nitrogen and oxygen atoms in total. The first-order valence-electron chi connectivity index (χ1n) is 9.18. The van der Waals surface area contributed by atoms with Gasteiger partial charge in [0.2, 0.25) is 5.91 Å². The Hall–Kier alpha value is -1.30. The van der Waals surface area contributed by atoms with Crippen molar-refractivity contribution in [3.63, 3.8) is 0 Å². The van der Waals surface area contributed by atoms with Crippen molar-refractivity contribution in [3.8, 4) is 0 Å². The van der Waals surface area contributed by atoms with E-state index in [1.165, 1.54) is 19.3 Å². The molecule has 132 valence electrons. The van der Waals surface area contributed by atoms with Gasteiger partial charge in [-0.05, 0) is 45.7 Å². The minimum atomic E-state index is -0.0318. The maximum atomic E-state index is 12.1. The second kappa shape index (κ2) is 9.75. The molecular weight excluding hydrogens is 292 g/mol. The predicted molar refractivity (Wildman–Crippen MR) is 91.3 cm³/mol. The van der Waals surface area contributed by atoms with Crippen LogP contribution in [0.4, 0.5) is 4.79 Å². The fourth-order valence-electron chi connectivity index (χ4n) is 3.51. The predicted octanol–water partition coefficient (Wildman–Crippen LogP) is 1.61. The van der Waals surface area contributed by atoms with Gasteiger partial charge in [0.05, 0.1) is 0 Å². The first kappa shape index (κ1) is 18.0. The van der Waals surface area contributed by atoms with Crippen LogP contribution in [0.5, 0.6) is 0 Å². The van der Waals surface area contributed by atoms with Crippen LogP contribution in [0.3, 0.4) is 0 Å². The van der Waals surface area contributed by atoms with Crippen LogP contribution in [0.1, 0.15) is 57.8 Å². The number of amides is 3. The summed E-state index contributed by atoms with van der Waals surface area (Å²) >= 11 is 0. The molecule has 1 saturated carbocycles. The molecule has 0 atom stereocenters. The van der Waals surface area contributed by atoms with Gasteiger partial charge < -0.3 is 20.9 Å². The molecule has 0 aromatic rings. The summed E-state index contributed by atoms with van der Waals surface area (Å²) in [5.74, 6) is 0.241. The Kier molecular flexibility index (Phi) is 7.65. The van der Waals surface area contributed by atoms with Crippen molar-refractivity contribution >= 4 is 11.9 Å². The Balaban J connectivity index is 1.62. The average Bonchev–Trinajstić information content (AvgIpc) is 2.56. The van der Waals surface area contributed by atoms with Crippen LogP contribution in [0.15, 0.2) is 0 Å². The molecule has 2 fully saturated rings. The largest absolute Gasteiger partial charge is 0.343 e.